The first-order chi connectivity index (χ1) is 9.12. The zero-order valence-electron chi connectivity index (χ0n) is 13.3. The molecule has 1 aromatic heterocycles. The van der Waals surface area contributed by atoms with Gasteiger partial charge >= 0.3 is 0 Å². The quantitative estimate of drug-likeness (QED) is 0.470. The standard InChI is InChI=1S/C14H27N5O/c1-7-8-10-16-11(9(2)12(17-10)19-15)18-13(3,4)14(5,6)20/h20H,7-8,15H2,1-6H3,(H2,16,17,18,19). The Kier molecular flexibility index (Phi) is 4.94. The van der Waals surface area contributed by atoms with Gasteiger partial charge in [-0.25, -0.2) is 15.8 Å². The Morgan fingerprint density at radius 2 is 1.70 bits per heavy atom. The first-order valence-corrected chi connectivity index (χ1v) is 6.97. The number of nitrogen functional groups attached to an aromatic ring is 1. The van der Waals surface area contributed by atoms with Crippen LogP contribution in [0.4, 0.5) is 11.6 Å². The molecule has 0 fully saturated rings. The lowest BCUT2D eigenvalue weighted by atomic mass is 9.86. The summed E-state index contributed by atoms with van der Waals surface area (Å²) in [6, 6.07) is 0. The van der Waals surface area contributed by atoms with Crippen molar-refractivity contribution in [1.29, 1.82) is 0 Å². The maximum atomic E-state index is 10.3. The van der Waals surface area contributed by atoms with Crippen LogP contribution < -0.4 is 16.6 Å². The first kappa shape index (κ1) is 16.7. The van der Waals surface area contributed by atoms with E-state index in [9.17, 15) is 5.11 Å². The van der Waals surface area contributed by atoms with Crippen molar-refractivity contribution in [2.75, 3.05) is 10.7 Å². The number of anilines is 2. The fraction of sp³-hybridized carbons (Fsp3) is 0.714. The van der Waals surface area contributed by atoms with Crippen LogP contribution in [0.5, 0.6) is 0 Å². The van der Waals surface area contributed by atoms with Gasteiger partial charge in [0, 0.05) is 12.0 Å². The average Bonchev–Trinajstić information content (AvgIpc) is 2.31. The Morgan fingerprint density at radius 1 is 1.15 bits per heavy atom. The van der Waals surface area contributed by atoms with Gasteiger partial charge in [-0.1, -0.05) is 6.92 Å². The molecule has 1 aromatic rings. The minimum absolute atomic E-state index is 0.540. The Labute approximate surface area is 121 Å². The van der Waals surface area contributed by atoms with Crippen molar-refractivity contribution in [1.82, 2.24) is 9.97 Å². The molecule has 0 aliphatic carbocycles. The molecule has 0 aromatic carbocycles. The lowest BCUT2D eigenvalue weighted by Gasteiger charge is -2.38. The highest BCUT2D eigenvalue weighted by Gasteiger charge is 2.35. The van der Waals surface area contributed by atoms with Crippen molar-refractivity contribution in [3.63, 3.8) is 0 Å². The monoisotopic (exact) mass is 281 g/mol. The summed E-state index contributed by atoms with van der Waals surface area (Å²) in [6.07, 6.45) is 1.74. The van der Waals surface area contributed by atoms with Crippen LogP contribution >= 0.6 is 0 Å². The third-order valence-electron chi connectivity index (χ3n) is 3.76. The number of hydrogen-bond acceptors (Lipinski definition) is 6. The number of aryl methyl sites for hydroxylation is 1. The Morgan fingerprint density at radius 3 is 2.15 bits per heavy atom. The molecule has 0 aliphatic heterocycles. The Hall–Kier alpha value is -1.40. The largest absolute Gasteiger partial charge is 0.388 e. The van der Waals surface area contributed by atoms with Gasteiger partial charge in [-0.2, -0.15) is 0 Å². The number of rotatable bonds is 6. The van der Waals surface area contributed by atoms with Gasteiger partial charge in [0.1, 0.15) is 17.5 Å². The molecule has 0 amide bonds. The van der Waals surface area contributed by atoms with Crippen LogP contribution in [0.25, 0.3) is 0 Å². The fourth-order valence-corrected chi connectivity index (χ4v) is 1.61. The van der Waals surface area contributed by atoms with Crippen LogP contribution in [0, 0.1) is 6.92 Å². The van der Waals surface area contributed by atoms with Gasteiger partial charge in [-0.05, 0) is 41.0 Å². The van der Waals surface area contributed by atoms with Crippen LogP contribution in [0.2, 0.25) is 0 Å². The number of nitrogens with zero attached hydrogens (tertiary/aromatic N) is 2. The third kappa shape index (κ3) is 3.58. The molecule has 0 saturated carbocycles. The van der Waals surface area contributed by atoms with Crippen LogP contribution in [-0.2, 0) is 6.42 Å². The molecule has 1 heterocycles. The van der Waals surface area contributed by atoms with Crippen LogP contribution in [-0.4, -0.2) is 26.2 Å². The maximum Gasteiger partial charge on any atom is 0.148 e. The molecule has 0 bridgehead atoms. The average molecular weight is 281 g/mol. The minimum atomic E-state index is -0.897. The highest BCUT2D eigenvalue weighted by Crippen LogP contribution is 2.28. The van der Waals surface area contributed by atoms with Crippen molar-refractivity contribution < 1.29 is 5.11 Å². The number of nitrogens with one attached hydrogen (secondary N) is 2. The molecule has 0 aliphatic rings. The Balaban J connectivity index is 3.20. The van der Waals surface area contributed by atoms with E-state index in [1.165, 1.54) is 0 Å². The summed E-state index contributed by atoms with van der Waals surface area (Å²) >= 11 is 0. The molecule has 114 valence electrons. The molecule has 0 saturated heterocycles. The number of aromatic nitrogens is 2. The van der Waals surface area contributed by atoms with Crippen molar-refractivity contribution >= 4 is 11.6 Å². The predicted molar refractivity (Wildman–Crippen MR) is 82.6 cm³/mol. The number of aliphatic hydroxyl groups is 1. The topological polar surface area (TPSA) is 96.1 Å². The van der Waals surface area contributed by atoms with Gasteiger partial charge in [-0.3, -0.25) is 0 Å². The Bertz CT molecular complexity index is 465. The molecule has 6 nitrogen and oxygen atoms in total. The summed E-state index contributed by atoms with van der Waals surface area (Å²) in [4.78, 5) is 8.92. The van der Waals surface area contributed by atoms with Crippen molar-refractivity contribution in [2.45, 2.75) is 65.5 Å². The molecule has 20 heavy (non-hydrogen) atoms. The minimum Gasteiger partial charge on any atom is -0.388 e. The van der Waals surface area contributed by atoms with Gasteiger partial charge in [0.2, 0.25) is 0 Å². The van der Waals surface area contributed by atoms with Gasteiger partial charge in [0.25, 0.3) is 0 Å². The van der Waals surface area contributed by atoms with Crippen molar-refractivity contribution in [2.24, 2.45) is 5.84 Å². The van der Waals surface area contributed by atoms with E-state index in [0.29, 0.717) is 11.6 Å². The number of hydrazine groups is 1. The molecule has 0 radical (unpaired) electrons. The predicted octanol–water partition coefficient (Wildman–Crippen LogP) is 1.98. The van der Waals surface area contributed by atoms with Crippen molar-refractivity contribution in [3.05, 3.63) is 11.4 Å². The van der Waals surface area contributed by atoms with E-state index in [0.717, 1.165) is 24.2 Å². The van der Waals surface area contributed by atoms with E-state index in [1.807, 2.05) is 20.8 Å². The third-order valence-corrected chi connectivity index (χ3v) is 3.76. The molecule has 6 heteroatoms. The first-order valence-electron chi connectivity index (χ1n) is 6.97. The second-order valence-corrected chi connectivity index (χ2v) is 6.17. The van der Waals surface area contributed by atoms with Gasteiger partial charge in [0.05, 0.1) is 11.1 Å². The maximum absolute atomic E-state index is 10.3. The lowest BCUT2D eigenvalue weighted by Crippen LogP contribution is -2.51. The molecule has 0 spiro atoms. The van der Waals surface area contributed by atoms with E-state index in [1.54, 1.807) is 13.8 Å². The highest BCUT2D eigenvalue weighted by atomic mass is 16.3. The second-order valence-electron chi connectivity index (χ2n) is 6.17. The fourth-order valence-electron chi connectivity index (χ4n) is 1.61. The molecule has 0 unspecified atom stereocenters. The lowest BCUT2D eigenvalue weighted by molar-refractivity contribution is 0.0238. The van der Waals surface area contributed by atoms with Gasteiger partial charge < -0.3 is 15.8 Å². The normalized spacial score (nSPS) is 12.4. The number of nitrogens with two attached hydrogens (primary N) is 1. The second kappa shape index (κ2) is 5.93. The van der Waals surface area contributed by atoms with Crippen LogP contribution in [0.3, 0.4) is 0 Å². The zero-order valence-corrected chi connectivity index (χ0v) is 13.3. The SMILES string of the molecule is CCCc1nc(NN)c(C)c(NC(C)(C)C(C)(C)O)n1. The molecule has 0 atom stereocenters. The summed E-state index contributed by atoms with van der Waals surface area (Å²) in [5, 5.41) is 13.6. The smallest absolute Gasteiger partial charge is 0.148 e. The molecule has 5 N–H and O–H groups in total. The van der Waals surface area contributed by atoms with Crippen LogP contribution in [0.15, 0.2) is 0 Å². The molecule has 1 rings (SSSR count). The summed E-state index contributed by atoms with van der Waals surface area (Å²) < 4.78 is 0. The summed E-state index contributed by atoms with van der Waals surface area (Å²) in [7, 11) is 0. The van der Waals surface area contributed by atoms with E-state index < -0.39 is 11.1 Å². The highest BCUT2D eigenvalue weighted by molar-refractivity contribution is 5.58. The summed E-state index contributed by atoms with van der Waals surface area (Å²) in [5.41, 5.74) is 2.01. The summed E-state index contributed by atoms with van der Waals surface area (Å²) in [5.74, 6) is 7.56. The van der Waals surface area contributed by atoms with E-state index >= 15 is 0 Å². The number of hydrogen-bond donors (Lipinski definition) is 4. The van der Waals surface area contributed by atoms with Gasteiger partial charge in [-0.15, -0.1) is 0 Å². The van der Waals surface area contributed by atoms with E-state index in [4.69, 9.17) is 5.84 Å². The van der Waals surface area contributed by atoms with Crippen LogP contribution in [0.1, 0.15) is 52.4 Å². The van der Waals surface area contributed by atoms with Gasteiger partial charge in [0.15, 0.2) is 0 Å². The van der Waals surface area contributed by atoms with E-state index in [2.05, 4.69) is 27.6 Å². The van der Waals surface area contributed by atoms with E-state index in [-0.39, 0.29) is 0 Å². The zero-order chi connectivity index (χ0) is 15.6. The van der Waals surface area contributed by atoms with Crippen molar-refractivity contribution in [3.8, 4) is 0 Å². The molecular formula is C14H27N5O. The summed E-state index contributed by atoms with van der Waals surface area (Å²) in [6.45, 7) is 11.4. The molecular weight excluding hydrogens is 254 g/mol.